The van der Waals surface area contributed by atoms with Gasteiger partial charge in [-0.3, -0.25) is 9.05 Å². The summed E-state index contributed by atoms with van der Waals surface area (Å²) in [5, 5.41) is 9.41. The van der Waals surface area contributed by atoms with Gasteiger partial charge in [-0.05, 0) is 6.92 Å². The average Bonchev–Trinajstić information content (AvgIpc) is 2.42. The maximum Gasteiger partial charge on any atom is 0.472 e. The highest BCUT2D eigenvalue weighted by Gasteiger charge is 2.33. The fourth-order valence-corrected chi connectivity index (χ4v) is 1.75. The van der Waals surface area contributed by atoms with Gasteiger partial charge in [-0.1, -0.05) is 0 Å². The van der Waals surface area contributed by atoms with Crippen molar-refractivity contribution in [3.63, 3.8) is 0 Å². The van der Waals surface area contributed by atoms with Crippen LogP contribution in [0, 0.1) is 0 Å². The van der Waals surface area contributed by atoms with Gasteiger partial charge in [0.2, 0.25) is 0 Å². The molecule has 84 valence electrons. The summed E-state index contributed by atoms with van der Waals surface area (Å²) in [5.74, 6) is 0. The van der Waals surface area contributed by atoms with Crippen LogP contribution in [0.15, 0.2) is 0 Å². The molecule has 1 aliphatic rings. The molecule has 0 aromatic rings. The van der Waals surface area contributed by atoms with Crippen LogP contribution in [-0.2, 0) is 18.3 Å². The number of rotatable bonds is 4. The fraction of sp³-hybridized carbons (Fsp3) is 1.00. The molecule has 0 aromatic heterocycles. The molecular formula is C7H15O6P. The van der Waals surface area contributed by atoms with Crippen molar-refractivity contribution in [3.8, 4) is 0 Å². The third-order valence-corrected chi connectivity index (χ3v) is 2.98. The van der Waals surface area contributed by atoms with Crippen LogP contribution < -0.4 is 0 Å². The van der Waals surface area contributed by atoms with Gasteiger partial charge in [-0.25, -0.2) is 4.57 Å². The molecule has 0 radical (unpaired) electrons. The lowest BCUT2D eigenvalue weighted by Crippen LogP contribution is -2.26. The average molecular weight is 226 g/mol. The van der Waals surface area contributed by atoms with E-state index in [9.17, 15) is 9.67 Å². The summed E-state index contributed by atoms with van der Waals surface area (Å²) in [7, 11) is -2.88. The molecule has 1 saturated heterocycles. The van der Waals surface area contributed by atoms with E-state index in [4.69, 9.17) is 9.63 Å². The first-order valence-electron chi connectivity index (χ1n) is 4.31. The summed E-state index contributed by atoms with van der Waals surface area (Å²) in [5.41, 5.74) is 0. The first kappa shape index (κ1) is 12.1. The Morgan fingerprint density at radius 1 is 1.64 bits per heavy atom. The van der Waals surface area contributed by atoms with Crippen molar-refractivity contribution in [2.75, 3.05) is 13.7 Å². The molecule has 4 atom stereocenters. The standard InChI is InChI=1S/C7H15O6P/c1-5-3-6(8)7(13-5)4-12-14(9,10)11-2/h5-8H,3-4H2,1-2H3,(H,9,10). The Bertz CT molecular complexity index is 232. The van der Waals surface area contributed by atoms with E-state index in [0.717, 1.165) is 7.11 Å². The topological polar surface area (TPSA) is 85.2 Å². The molecule has 1 heterocycles. The Morgan fingerprint density at radius 3 is 2.71 bits per heavy atom. The maximum atomic E-state index is 10.9. The van der Waals surface area contributed by atoms with Gasteiger partial charge in [0.15, 0.2) is 0 Å². The minimum absolute atomic E-state index is 0.0563. The van der Waals surface area contributed by atoms with Crippen LogP contribution in [0.4, 0.5) is 0 Å². The molecule has 1 fully saturated rings. The lowest BCUT2D eigenvalue weighted by molar-refractivity contribution is -0.0179. The summed E-state index contributed by atoms with van der Waals surface area (Å²) < 4.78 is 24.9. The number of hydrogen-bond donors (Lipinski definition) is 2. The number of aliphatic hydroxyl groups excluding tert-OH is 1. The molecule has 6 nitrogen and oxygen atoms in total. The molecule has 0 bridgehead atoms. The molecule has 2 N–H and O–H groups in total. The van der Waals surface area contributed by atoms with Crippen LogP contribution in [0.1, 0.15) is 13.3 Å². The van der Waals surface area contributed by atoms with Crippen LogP contribution in [0.2, 0.25) is 0 Å². The van der Waals surface area contributed by atoms with Gasteiger partial charge in [-0.2, -0.15) is 0 Å². The van der Waals surface area contributed by atoms with Gasteiger partial charge in [-0.15, -0.1) is 0 Å². The second-order valence-corrected chi connectivity index (χ2v) is 4.80. The Hall–Kier alpha value is 0.0300. The van der Waals surface area contributed by atoms with Crippen LogP contribution in [0.3, 0.4) is 0 Å². The highest BCUT2D eigenvalue weighted by atomic mass is 31.2. The third kappa shape index (κ3) is 3.31. The summed E-state index contributed by atoms with van der Waals surface area (Å²) >= 11 is 0. The normalized spacial score (nSPS) is 37.0. The van der Waals surface area contributed by atoms with E-state index in [1.807, 2.05) is 6.92 Å². The van der Waals surface area contributed by atoms with Gasteiger partial charge in [0.1, 0.15) is 6.10 Å². The minimum atomic E-state index is -3.96. The van der Waals surface area contributed by atoms with E-state index in [1.165, 1.54) is 0 Å². The van der Waals surface area contributed by atoms with E-state index in [-0.39, 0.29) is 12.7 Å². The second-order valence-electron chi connectivity index (χ2n) is 3.24. The van der Waals surface area contributed by atoms with Crippen molar-refractivity contribution in [1.29, 1.82) is 0 Å². The molecule has 4 unspecified atom stereocenters. The molecule has 0 spiro atoms. The predicted molar refractivity (Wildman–Crippen MR) is 47.7 cm³/mol. The number of ether oxygens (including phenoxy) is 1. The summed E-state index contributed by atoms with van der Waals surface area (Å²) in [6.07, 6.45) is -0.752. The first-order valence-corrected chi connectivity index (χ1v) is 5.81. The quantitative estimate of drug-likeness (QED) is 0.670. The van der Waals surface area contributed by atoms with E-state index in [0.29, 0.717) is 6.42 Å². The van der Waals surface area contributed by atoms with Crippen molar-refractivity contribution in [3.05, 3.63) is 0 Å². The van der Waals surface area contributed by atoms with Crippen LogP contribution in [0.25, 0.3) is 0 Å². The largest absolute Gasteiger partial charge is 0.472 e. The Kier molecular flexibility index (Phi) is 4.06. The van der Waals surface area contributed by atoms with E-state index in [2.05, 4.69) is 9.05 Å². The number of aliphatic hydroxyl groups is 1. The minimum Gasteiger partial charge on any atom is -0.390 e. The Labute approximate surface area is 82.4 Å². The van der Waals surface area contributed by atoms with Crippen LogP contribution in [-0.4, -0.2) is 42.0 Å². The molecule has 1 rings (SSSR count). The van der Waals surface area contributed by atoms with Crippen molar-refractivity contribution in [1.82, 2.24) is 0 Å². The summed E-state index contributed by atoms with van der Waals surface area (Å²) in [4.78, 5) is 8.91. The monoisotopic (exact) mass is 226 g/mol. The highest BCUT2D eigenvalue weighted by molar-refractivity contribution is 7.47. The van der Waals surface area contributed by atoms with Gasteiger partial charge < -0.3 is 14.7 Å². The third-order valence-electron chi connectivity index (χ3n) is 2.04. The van der Waals surface area contributed by atoms with Crippen LogP contribution >= 0.6 is 7.82 Å². The van der Waals surface area contributed by atoms with Crippen LogP contribution in [0.5, 0.6) is 0 Å². The lowest BCUT2D eigenvalue weighted by atomic mass is 10.1. The zero-order chi connectivity index (χ0) is 10.8. The van der Waals surface area contributed by atoms with E-state index < -0.39 is 20.0 Å². The van der Waals surface area contributed by atoms with E-state index >= 15 is 0 Å². The van der Waals surface area contributed by atoms with Crippen molar-refractivity contribution >= 4 is 7.82 Å². The second kappa shape index (κ2) is 4.70. The van der Waals surface area contributed by atoms with Gasteiger partial charge >= 0.3 is 7.82 Å². The summed E-state index contributed by atoms with van der Waals surface area (Å²) in [6.45, 7) is 1.67. The van der Waals surface area contributed by atoms with Gasteiger partial charge in [0, 0.05) is 13.5 Å². The van der Waals surface area contributed by atoms with E-state index in [1.54, 1.807) is 0 Å². The lowest BCUT2D eigenvalue weighted by Gasteiger charge is -2.15. The van der Waals surface area contributed by atoms with Crippen molar-refractivity contribution in [2.45, 2.75) is 31.7 Å². The Morgan fingerprint density at radius 2 is 2.29 bits per heavy atom. The molecule has 0 aliphatic carbocycles. The molecule has 0 amide bonds. The zero-order valence-corrected chi connectivity index (χ0v) is 9.02. The number of phosphoric ester groups is 1. The summed E-state index contributed by atoms with van der Waals surface area (Å²) in [6, 6.07) is 0. The first-order chi connectivity index (χ1) is 6.44. The molecule has 0 aromatic carbocycles. The Balaban J connectivity index is 2.35. The number of phosphoric acid groups is 1. The molecular weight excluding hydrogens is 211 g/mol. The SMILES string of the molecule is COP(=O)(O)OCC1OC(C)CC1O. The molecule has 1 aliphatic heterocycles. The number of hydrogen-bond acceptors (Lipinski definition) is 5. The predicted octanol–water partition coefficient (Wildman–Crippen LogP) is 0.288. The maximum absolute atomic E-state index is 10.9. The molecule has 7 heteroatoms. The molecule has 0 saturated carbocycles. The van der Waals surface area contributed by atoms with Gasteiger partial charge in [0.25, 0.3) is 0 Å². The van der Waals surface area contributed by atoms with Crippen molar-refractivity contribution < 1.29 is 28.3 Å². The zero-order valence-electron chi connectivity index (χ0n) is 8.12. The van der Waals surface area contributed by atoms with Crippen molar-refractivity contribution in [2.24, 2.45) is 0 Å². The highest BCUT2D eigenvalue weighted by Crippen LogP contribution is 2.42. The molecule has 14 heavy (non-hydrogen) atoms. The fourth-order valence-electron chi connectivity index (χ4n) is 1.31. The van der Waals surface area contributed by atoms with Gasteiger partial charge in [0.05, 0.1) is 18.8 Å². The smallest absolute Gasteiger partial charge is 0.390 e.